The van der Waals surface area contributed by atoms with Crippen LogP contribution in [0.15, 0.2) is 72.3 Å². The molecule has 0 aliphatic carbocycles. The fraction of sp³-hybridized carbons (Fsp3) is 0.290. The molecular formula is C31H34. The number of rotatable bonds is 6. The Morgan fingerprint density at radius 2 is 1.23 bits per heavy atom. The molecule has 31 heavy (non-hydrogen) atoms. The van der Waals surface area contributed by atoms with E-state index in [1.807, 2.05) is 0 Å². The number of hydrogen-bond acceptors (Lipinski definition) is 0. The van der Waals surface area contributed by atoms with Crippen LogP contribution in [-0.4, -0.2) is 0 Å². The monoisotopic (exact) mass is 406 g/mol. The highest BCUT2D eigenvalue weighted by atomic mass is 14.2. The Labute approximate surface area is 187 Å². The number of benzene rings is 4. The van der Waals surface area contributed by atoms with Gasteiger partial charge in [-0.05, 0) is 102 Å². The van der Waals surface area contributed by atoms with Crippen molar-refractivity contribution in [2.24, 2.45) is 0 Å². The van der Waals surface area contributed by atoms with Gasteiger partial charge in [0, 0.05) is 0 Å². The molecule has 0 nitrogen and oxygen atoms in total. The first-order valence-electron chi connectivity index (χ1n) is 11.7. The van der Waals surface area contributed by atoms with E-state index in [9.17, 15) is 0 Å². The van der Waals surface area contributed by atoms with Crippen LogP contribution in [0.5, 0.6) is 0 Å². The summed E-state index contributed by atoms with van der Waals surface area (Å²) in [6.07, 6.45) is 6.80. The van der Waals surface area contributed by atoms with Gasteiger partial charge in [0.15, 0.2) is 0 Å². The summed E-state index contributed by atoms with van der Waals surface area (Å²) in [6.45, 7) is 11.2. The highest BCUT2D eigenvalue weighted by Crippen LogP contribution is 2.42. The molecule has 0 fully saturated rings. The zero-order valence-corrected chi connectivity index (χ0v) is 19.7. The molecule has 0 heteroatoms. The Morgan fingerprint density at radius 3 is 1.74 bits per heavy atom. The minimum atomic E-state index is 0.993. The second-order valence-corrected chi connectivity index (χ2v) is 8.96. The minimum Gasteiger partial charge on any atom is -0.0884 e. The van der Waals surface area contributed by atoms with Crippen LogP contribution < -0.4 is 0 Å². The van der Waals surface area contributed by atoms with Gasteiger partial charge < -0.3 is 0 Å². The standard InChI is InChI=1S/C31H34/c1-6-8-13-24-19-22(4)26-14-9-11-16-28(26)30(24)31-25(18-21(3)7-2)20-23(5)27-15-10-12-17-29(27)31/h7,9-12,14-17,19-20H,6,8,13,18H2,1-5H3. The summed E-state index contributed by atoms with van der Waals surface area (Å²) < 4.78 is 0. The zero-order valence-electron chi connectivity index (χ0n) is 19.7. The van der Waals surface area contributed by atoms with Gasteiger partial charge in [0.05, 0.1) is 0 Å². The molecule has 4 aromatic rings. The zero-order chi connectivity index (χ0) is 22.0. The lowest BCUT2D eigenvalue weighted by Gasteiger charge is -2.22. The van der Waals surface area contributed by atoms with E-state index in [0.29, 0.717) is 0 Å². The molecule has 0 aromatic heterocycles. The summed E-state index contributed by atoms with van der Waals surface area (Å²) in [4.78, 5) is 0. The predicted molar refractivity (Wildman–Crippen MR) is 138 cm³/mol. The number of aryl methyl sites for hydroxylation is 3. The van der Waals surface area contributed by atoms with Crippen LogP contribution in [0.4, 0.5) is 0 Å². The number of fused-ring (bicyclic) bond motifs is 2. The van der Waals surface area contributed by atoms with Crippen molar-refractivity contribution in [2.75, 3.05) is 0 Å². The average molecular weight is 407 g/mol. The van der Waals surface area contributed by atoms with E-state index in [2.05, 4.69) is 101 Å². The second-order valence-electron chi connectivity index (χ2n) is 8.96. The maximum Gasteiger partial charge on any atom is -0.00608 e. The highest BCUT2D eigenvalue weighted by Gasteiger charge is 2.19. The molecule has 0 unspecified atom stereocenters. The van der Waals surface area contributed by atoms with E-state index in [1.54, 1.807) is 0 Å². The molecule has 4 aromatic carbocycles. The fourth-order valence-electron chi connectivity index (χ4n) is 4.96. The van der Waals surface area contributed by atoms with Crippen molar-refractivity contribution in [1.82, 2.24) is 0 Å². The SMILES string of the molecule is CC=C(C)Cc1cc(C)c2ccccc2c1-c1c(CCCC)cc(C)c2ccccc12. The highest BCUT2D eigenvalue weighted by molar-refractivity contribution is 6.09. The van der Waals surface area contributed by atoms with Gasteiger partial charge in [-0.3, -0.25) is 0 Å². The second kappa shape index (κ2) is 9.10. The molecule has 4 rings (SSSR count). The first-order valence-corrected chi connectivity index (χ1v) is 11.7. The van der Waals surface area contributed by atoms with E-state index in [4.69, 9.17) is 0 Å². The van der Waals surface area contributed by atoms with Crippen molar-refractivity contribution in [3.63, 3.8) is 0 Å². The van der Waals surface area contributed by atoms with Gasteiger partial charge in [-0.1, -0.05) is 85.7 Å². The molecule has 0 radical (unpaired) electrons. The summed E-state index contributed by atoms with van der Waals surface area (Å²) in [5, 5.41) is 5.51. The maximum atomic E-state index is 2.45. The molecular weight excluding hydrogens is 372 g/mol. The van der Waals surface area contributed by atoms with Crippen LogP contribution in [-0.2, 0) is 12.8 Å². The molecule has 0 saturated carbocycles. The molecule has 0 amide bonds. The smallest absolute Gasteiger partial charge is 0.00608 e. The van der Waals surface area contributed by atoms with Gasteiger partial charge in [0.1, 0.15) is 0 Å². The summed E-state index contributed by atoms with van der Waals surface area (Å²) in [6, 6.07) is 22.8. The van der Waals surface area contributed by atoms with E-state index in [1.165, 1.54) is 73.3 Å². The van der Waals surface area contributed by atoms with Crippen LogP contribution in [0.3, 0.4) is 0 Å². The van der Waals surface area contributed by atoms with Crippen LogP contribution >= 0.6 is 0 Å². The van der Waals surface area contributed by atoms with Crippen molar-refractivity contribution in [3.05, 3.63) is 94.6 Å². The van der Waals surface area contributed by atoms with Gasteiger partial charge in [-0.2, -0.15) is 0 Å². The molecule has 0 aliphatic rings. The molecule has 0 saturated heterocycles. The van der Waals surface area contributed by atoms with Gasteiger partial charge in [-0.15, -0.1) is 0 Å². The molecule has 0 bridgehead atoms. The van der Waals surface area contributed by atoms with E-state index in [-0.39, 0.29) is 0 Å². The molecule has 0 heterocycles. The molecule has 158 valence electrons. The van der Waals surface area contributed by atoms with Crippen LogP contribution in [0.1, 0.15) is 55.9 Å². The summed E-state index contributed by atoms with van der Waals surface area (Å²) in [5.41, 5.74) is 9.99. The largest absolute Gasteiger partial charge is 0.0884 e. The summed E-state index contributed by atoms with van der Waals surface area (Å²) in [7, 11) is 0. The van der Waals surface area contributed by atoms with Gasteiger partial charge in [0.25, 0.3) is 0 Å². The average Bonchev–Trinajstić information content (AvgIpc) is 2.79. The van der Waals surface area contributed by atoms with Crippen LogP contribution in [0.25, 0.3) is 32.7 Å². The first-order chi connectivity index (χ1) is 15.0. The number of hydrogen-bond donors (Lipinski definition) is 0. The Balaban J connectivity index is 2.16. The number of unbranched alkanes of at least 4 members (excludes halogenated alkanes) is 1. The van der Waals surface area contributed by atoms with E-state index < -0.39 is 0 Å². The summed E-state index contributed by atoms with van der Waals surface area (Å²) in [5.74, 6) is 0. The normalized spacial score (nSPS) is 12.1. The van der Waals surface area contributed by atoms with Crippen molar-refractivity contribution in [1.29, 1.82) is 0 Å². The minimum absolute atomic E-state index is 0.993. The predicted octanol–water partition coefficient (Wildman–Crippen LogP) is 9.13. The van der Waals surface area contributed by atoms with E-state index in [0.717, 1.165) is 12.8 Å². The lowest BCUT2D eigenvalue weighted by molar-refractivity contribution is 0.796. The maximum absolute atomic E-state index is 2.45. The third-order valence-electron chi connectivity index (χ3n) is 6.68. The molecule has 0 atom stereocenters. The van der Waals surface area contributed by atoms with Crippen molar-refractivity contribution in [3.8, 4) is 11.1 Å². The van der Waals surface area contributed by atoms with Crippen LogP contribution in [0.2, 0.25) is 0 Å². The molecule has 0 spiro atoms. The van der Waals surface area contributed by atoms with Crippen molar-refractivity contribution >= 4 is 21.5 Å². The first kappa shape index (κ1) is 21.4. The Morgan fingerprint density at radius 1 is 0.742 bits per heavy atom. The third-order valence-corrected chi connectivity index (χ3v) is 6.68. The van der Waals surface area contributed by atoms with Crippen LogP contribution in [0, 0.1) is 13.8 Å². The molecule has 0 aliphatic heterocycles. The topological polar surface area (TPSA) is 0 Å². The van der Waals surface area contributed by atoms with Crippen molar-refractivity contribution < 1.29 is 0 Å². The Bertz CT molecular complexity index is 1270. The van der Waals surface area contributed by atoms with Gasteiger partial charge in [-0.25, -0.2) is 0 Å². The van der Waals surface area contributed by atoms with Gasteiger partial charge in [0.2, 0.25) is 0 Å². The number of allylic oxidation sites excluding steroid dienone is 2. The lowest BCUT2D eigenvalue weighted by Crippen LogP contribution is -2.01. The molecule has 0 N–H and O–H groups in total. The summed E-state index contributed by atoms with van der Waals surface area (Å²) >= 11 is 0. The Kier molecular flexibility index (Phi) is 6.28. The Hall–Kier alpha value is -2.86. The fourth-order valence-corrected chi connectivity index (χ4v) is 4.96. The third kappa shape index (κ3) is 4.04. The van der Waals surface area contributed by atoms with E-state index >= 15 is 0 Å². The quantitative estimate of drug-likeness (QED) is 0.280. The lowest BCUT2D eigenvalue weighted by atomic mass is 9.82. The van der Waals surface area contributed by atoms with Crippen molar-refractivity contribution in [2.45, 2.75) is 60.3 Å². The van der Waals surface area contributed by atoms with Gasteiger partial charge >= 0.3 is 0 Å².